The highest BCUT2D eigenvalue weighted by Crippen LogP contribution is 2.38. The summed E-state index contributed by atoms with van der Waals surface area (Å²) in [6.07, 6.45) is 0.742. The van der Waals surface area contributed by atoms with E-state index in [1.54, 1.807) is 12.4 Å². The van der Waals surface area contributed by atoms with Gasteiger partial charge in [-0.25, -0.2) is 9.97 Å². The van der Waals surface area contributed by atoms with Crippen LogP contribution in [0.15, 0.2) is 36.7 Å². The zero-order valence-corrected chi connectivity index (χ0v) is 15.5. The Balaban J connectivity index is 1.56. The smallest absolute Gasteiger partial charge is 0.391 e. The predicted molar refractivity (Wildman–Crippen MR) is 98.7 cm³/mol. The van der Waals surface area contributed by atoms with Crippen molar-refractivity contribution in [1.82, 2.24) is 9.97 Å². The number of nitrogens with zero attached hydrogens (tertiary/aromatic N) is 2. The molecule has 0 bridgehead atoms. The maximum atomic E-state index is 12.7. The molecular formula is C20H24F3N3O. The highest BCUT2D eigenvalue weighted by atomic mass is 19.4. The summed E-state index contributed by atoms with van der Waals surface area (Å²) in [6, 6.07) is 7.69. The first-order valence-electron chi connectivity index (χ1n) is 9.23. The maximum Gasteiger partial charge on any atom is 0.391 e. The third-order valence-electron chi connectivity index (χ3n) is 4.73. The predicted octanol–water partition coefficient (Wildman–Crippen LogP) is 5.46. The molecule has 1 N–H and O–H groups in total. The highest BCUT2D eigenvalue weighted by molar-refractivity contribution is 5.62. The monoisotopic (exact) mass is 379 g/mol. The average molecular weight is 379 g/mol. The van der Waals surface area contributed by atoms with Crippen molar-refractivity contribution in [3.8, 4) is 16.9 Å². The number of hydrogen-bond acceptors (Lipinski definition) is 4. The minimum Gasteiger partial charge on any atom is -0.491 e. The van der Waals surface area contributed by atoms with Gasteiger partial charge in [-0.15, -0.1) is 0 Å². The molecule has 0 aliphatic heterocycles. The van der Waals surface area contributed by atoms with Gasteiger partial charge in [-0.05, 0) is 57.2 Å². The summed E-state index contributed by atoms with van der Waals surface area (Å²) < 4.78 is 43.8. The third-order valence-corrected chi connectivity index (χ3v) is 4.73. The van der Waals surface area contributed by atoms with E-state index in [0.29, 0.717) is 18.8 Å². The summed E-state index contributed by atoms with van der Waals surface area (Å²) in [5.74, 6) is 0.0814. The second-order valence-electron chi connectivity index (χ2n) is 7.22. The van der Waals surface area contributed by atoms with E-state index in [2.05, 4.69) is 15.3 Å². The largest absolute Gasteiger partial charge is 0.491 e. The van der Waals surface area contributed by atoms with Crippen LogP contribution in [0.1, 0.15) is 39.5 Å². The quantitative estimate of drug-likeness (QED) is 0.749. The summed E-state index contributed by atoms with van der Waals surface area (Å²) in [7, 11) is 0. The number of benzene rings is 1. The van der Waals surface area contributed by atoms with E-state index in [-0.39, 0.29) is 25.0 Å². The number of alkyl halides is 3. The maximum absolute atomic E-state index is 12.7. The lowest BCUT2D eigenvalue weighted by atomic mass is 9.86. The van der Waals surface area contributed by atoms with Gasteiger partial charge in [0.15, 0.2) is 0 Å². The number of anilines is 1. The second-order valence-corrected chi connectivity index (χ2v) is 7.22. The van der Waals surface area contributed by atoms with Crippen molar-refractivity contribution < 1.29 is 17.9 Å². The highest BCUT2D eigenvalue weighted by Gasteiger charge is 2.41. The molecule has 1 aliphatic carbocycles. The molecule has 146 valence electrons. The zero-order valence-electron chi connectivity index (χ0n) is 15.5. The average Bonchev–Trinajstić information content (AvgIpc) is 2.62. The van der Waals surface area contributed by atoms with Crippen LogP contribution in [0, 0.1) is 5.92 Å². The van der Waals surface area contributed by atoms with Gasteiger partial charge in [-0.3, -0.25) is 0 Å². The molecule has 0 unspecified atom stereocenters. The van der Waals surface area contributed by atoms with Gasteiger partial charge in [0, 0.05) is 24.0 Å². The molecule has 3 rings (SSSR count). The molecule has 0 atom stereocenters. The van der Waals surface area contributed by atoms with E-state index in [1.807, 2.05) is 38.1 Å². The van der Waals surface area contributed by atoms with Crippen LogP contribution >= 0.6 is 0 Å². The van der Waals surface area contributed by atoms with Gasteiger partial charge in [0.05, 0.1) is 12.0 Å². The fourth-order valence-electron chi connectivity index (χ4n) is 3.30. The fraction of sp³-hybridized carbons (Fsp3) is 0.500. The van der Waals surface area contributed by atoms with E-state index in [1.165, 1.54) is 0 Å². The van der Waals surface area contributed by atoms with Crippen LogP contribution in [0.4, 0.5) is 19.1 Å². The van der Waals surface area contributed by atoms with Crippen LogP contribution in [0.3, 0.4) is 0 Å². The Morgan fingerprint density at radius 2 is 1.56 bits per heavy atom. The number of rotatable bonds is 5. The zero-order chi connectivity index (χ0) is 19.4. The molecule has 0 saturated heterocycles. The van der Waals surface area contributed by atoms with Gasteiger partial charge in [0.25, 0.3) is 0 Å². The standard InChI is InChI=1S/C20H24F3N3O/c1-13(2)27-18-9-3-14(4-10-18)15-11-24-19(25-12-15)26-17-7-5-16(6-8-17)20(21,22)23/h3-4,9-13,16-17H,5-8H2,1-2H3,(H,24,25,26)/t16-,17-. The Kier molecular flexibility index (Phi) is 5.87. The molecule has 0 spiro atoms. The summed E-state index contributed by atoms with van der Waals surface area (Å²) in [5, 5.41) is 3.15. The van der Waals surface area contributed by atoms with Gasteiger partial charge in [0.1, 0.15) is 5.75 Å². The lowest BCUT2D eigenvalue weighted by molar-refractivity contribution is -0.182. The second kappa shape index (κ2) is 8.15. The number of nitrogens with one attached hydrogen (secondary N) is 1. The van der Waals surface area contributed by atoms with Crippen LogP contribution in [-0.2, 0) is 0 Å². The van der Waals surface area contributed by atoms with Crippen molar-refractivity contribution >= 4 is 5.95 Å². The first-order valence-corrected chi connectivity index (χ1v) is 9.23. The van der Waals surface area contributed by atoms with E-state index >= 15 is 0 Å². The normalized spacial score (nSPS) is 20.5. The molecular weight excluding hydrogens is 355 g/mol. The molecule has 4 nitrogen and oxygen atoms in total. The van der Waals surface area contributed by atoms with Crippen molar-refractivity contribution in [2.45, 2.75) is 57.9 Å². The van der Waals surface area contributed by atoms with Gasteiger partial charge in [-0.1, -0.05) is 12.1 Å². The Bertz CT molecular complexity index is 722. The Morgan fingerprint density at radius 1 is 0.963 bits per heavy atom. The Morgan fingerprint density at radius 3 is 2.07 bits per heavy atom. The number of hydrogen-bond donors (Lipinski definition) is 1. The van der Waals surface area contributed by atoms with E-state index in [9.17, 15) is 13.2 Å². The topological polar surface area (TPSA) is 47.0 Å². The third kappa shape index (κ3) is 5.34. The number of ether oxygens (including phenoxy) is 1. The molecule has 27 heavy (non-hydrogen) atoms. The molecule has 2 aromatic rings. The summed E-state index contributed by atoms with van der Waals surface area (Å²) >= 11 is 0. The fourth-order valence-corrected chi connectivity index (χ4v) is 3.30. The minimum atomic E-state index is -4.08. The van der Waals surface area contributed by atoms with Crippen molar-refractivity contribution in [2.24, 2.45) is 5.92 Å². The molecule has 1 aliphatic rings. The Labute approximate surface area is 157 Å². The SMILES string of the molecule is CC(C)Oc1ccc(-c2cnc(N[C@H]3CC[C@H](C(F)(F)F)CC3)nc2)cc1. The van der Waals surface area contributed by atoms with Crippen LogP contribution in [0.5, 0.6) is 5.75 Å². The molecule has 1 aromatic heterocycles. The first-order chi connectivity index (χ1) is 12.8. The van der Waals surface area contributed by atoms with Crippen molar-refractivity contribution in [1.29, 1.82) is 0 Å². The summed E-state index contributed by atoms with van der Waals surface area (Å²) in [6.45, 7) is 3.95. The van der Waals surface area contributed by atoms with Crippen molar-refractivity contribution in [3.63, 3.8) is 0 Å². The molecule has 1 fully saturated rings. The summed E-state index contributed by atoms with van der Waals surface area (Å²) in [5.41, 5.74) is 1.85. The van der Waals surface area contributed by atoms with Gasteiger partial charge >= 0.3 is 6.18 Å². The molecule has 0 radical (unpaired) electrons. The van der Waals surface area contributed by atoms with E-state index in [4.69, 9.17) is 4.74 Å². The van der Waals surface area contributed by atoms with E-state index < -0.39 is 12.1 Å². The first kappa shape index (κ1) is 19.5. The van der Waals surface area contributed by atoms with Crippen molar-refractivity contribution in [2.75, 3.05) is 5.32 Å². The van der Waals surface area contributed by atoms with Crippen LogP contribution in [0.25, 0.3) is 11.1 Å². The molecule has 1 saturated carbocycles. The Hall–Kier alpha value is -2.31. The van der Waals surface area contributed by atoms with E-state index in [0.717, 1.165) is 16.9 Å². The lowest BCUT2D eigenvalue weighted by Gasteiger charge is -2.30. The molecule has 1 heterocycles. The number of halogens is 3. The molecule has 7 heteroatoms. The van der Waals surface area contributed by atoms with Gasteiger partial charge < -0.3 is 10.1 Å². The van der Waals surface area contributed by atoms with Crippen molar-refractivity contribution in [3.05, 3.63) is 36.7 Å². The lowest BCUT2D eigenvalue weighted by Crippen LogP contribution is -2.33. The molecule has 0 amide bonds. The van der Waals surface area contributed by atoms with Crippen LogP contribution in [-0.4, -0.2) is 28.3 Å². The van der Waals surface area contributed by atoms with Crippen LogP contribution < -0.4 is 10.1 Å². The van der Waals surface area contributed by atoms with Gasteiger partial charge in [0.2, 0.25) is 5.95 Å². The minimum absolute atomic E-state index is 0.0121. The number of aromatic nitrogens is 2. The molecule has 1 aromatic carbocycles. The summed E-state index contributed by atoms with van der Waals surface area (Å²) in [4.78, 5) is 8.62. The van der Waals surface area contributed by atoms with Gasteiger partial charge in [-0.2, -0.15) is 13.2 Å². The van der Waals surface area contributed by atoms with Crippen LogP contribution in [0.2, 0.25) is 0 Å².